The van der Waals surface area contributed by atoms with Gasteiger partial charge in [-0.25, -0.2) is 4.79 Å². The van der Waals surface area contributed by atoms with Crippen LogP contribution in [0.1, 0.15) is 63.4 Å². The smallest absolute Gasteiger partial charge is 0.339 e. The van der Waals surface area contributed by atoms with E-state index in [4.69, 9.17) is 0 Å². The van der Waals surface area contributed by atoms with E-state index in [0.29, 0.717) is 12.0 Å². The minimum Gasteiger partial charge on any atom is -0.507 e. The second-order valence-electron chi connectivity index (χ2n) is 8.55. The van der Waals surface area contributed by atoms with Gasteiger partial charge in [0.15, 0.2) is 0 Å². The Morgan fingerprint density at radius 3 is 1.88 bits per heavy atom. The van der Waals surface area contributed by atoms with Crippen LogP contribution < -0.4 is 0 Å². The Morgan fingerprint density at radius 2 is 1.30 bits per heavy atom. The third kappa shape index (κ3) is 5.32. The minimum absolute atomic E-state index is 0.00497. The van der Waals surface area contributed by atoms with Crippen LogP contribution in [0.15, 0.2) is 103 Å². The zero-order valence-corrected chi connectivity index (χ0v) is 18.7. The standard InChI is InChI=1S/C30H28O3/c1-21(23-13-7-3-8-14-23)17-27(24-15-9-4-10-16-24)25-19-26(18-22-11-5-2-6-12-22)29(31)28(20-25)30(32)33/h2-16,19-21,27,31H,17-18H2,1H3,(H,32,33). The van der Waals surface area contributed by atoms with Crippen molar-refractivity contribution in [2.24, 2.45) is 0 Å². The first-order valence-corrected chi connectivity index (χ1v) is 11.3. The number of benzene rings is 4. The third-order valence-electron chi connectivity index (χ3n) is 6.24. The van der Waals surface area contributed by atoms with Crippen LogP contribution in [0.5, 0.6) is 5.75 Å². The third-order valence-corrected chi connectivity index (χ3v) is 6.24. The van der Waals surface area contributed by atoms with Gasteiger partial charge in [0.05, 0.1) is 0 Å². The monoisotopic (exact) mass is 436 g/mol. The second-order valence-corrected chi connectivity index (χ2v) is 8.55. The fraction of sp³-hybridized carbons (Fsp3) is 0.167. The van der Waals surface area contributed by atoms with Crippen LogP contribution in [0, 0.1) is 0 Å². The summed E-state index contributed by atoms with van der Waals surface area (Å²) in [6, 6.07) is 34.0. The van der Waals surface area contributed by atoms with Crippen LogP contribution in [-0.2, 0) is 6.42 Å². The summed E-state index contributed by atoms with van der Waals surface area (Å²) in [7, 11) is 0. The minimum atomic E-state index is -1.12. The van der Waals surface area contributed by atoms with Crippen molar-refractivity contribution in [2.75, 3.05) is 0 Å². The van der Waals surface area contributed by atoms with Gasteiger partial charge in [-0.15, -0.1) is 0 Å². The van der Waals surface area contributed by atoms with Crippen molar-refractivity contribution in [1.82, 2.24) is 0 Å². The fourth-order valence-electron chi connectivity index (χ4n) is 4.46. The molecule has 4 aromatic carbocycles. The van der Waals surface area contributed by atoms with Crippen LogP contribution in [0.3, 0.4) is 0 Å². The highest BCUT2D eigenvalue weighted by atomic mass is 16.4. The maximum atomic E-state index is 12.0. The SMILES string of the molecule is CC(CC(c1ccccc1)c1cc(Cc2ccccc2)c(O)c(C(=O)O)c1)c1ccccc1. The highest BCUT2D eigenvalue weighted by Gasteiger charge is 2.23. The van der Waals surface area contributed by atoms with Gasteiger partial charge in [-0.1, -0.05) is 104 Å². The lowest BCUT2D eigenvalue weighted by Crippen LogP contribution is -2.09. The lowest BCUT2D eigenvalue weighted by Gasteiger charge is -2.24. The van der Waals surface area contributed by atoms with Crippen LogP contribution in [0.25, 0.3) is 0 Å². The lowest BCUT2D eigenvalue weighted by molar-refractivity contribution is 0.0693. The number of hydrogen-bond donors (Lipinski definition) is 2. The molecular weight excluding hydrogens is 408 g/mol. The number of aromatic hydroxyl groups is 1. The number of carboxylic acids is 1. The average Bonchev–Trinajstić information content (AvgIpc) is 2.85. The van der Waals surface area contributed by atoms with E-state index in [-0.39, 0.29) is 23.1 Å². The average molecular weight is 437 g/mol. The van der Waals surface area contributed by atoms with E-state index in [9.17, 15) is 15.0 Å². The van der Waals surface area contributed by atoms with E-state index in [1.807, 2.05) is 72.8 Å². The molecule has 2 unspecified atom stereocenters. The highest BCUT2D eigenvalue weighted by molar-refractivity contribution is 5.91. The molecule has 2 N–H and O–H groups in total. The van der Waals surface area contributed by atoms with Crippen molar-refractivity contribution in [3.05, 3.63) is 137 Å². The zero-order valence-electron chi connectivity index (χ0n) is 18.7. The van der Waals surface area contributed by atoms with E-state index in [1.54, 1.807) is 6.07 Å². The van der Waals surface area contributed by atoms with Crippen molar-refractivity contribution >= 4 is 5.97 Å². The van der Waals surface area contributed by atoms with Crippen LogP contribution in [0.2, 0.25) is 0 Å². The van der Waals surface area contributed by atoms with Crippen molar-refractivity contribution in [3.8, 4) is 5.75 Å². The Morgan fingerprint density at radius 1 is 0.758 bits per heavy atom. The molecule has 166 valence electrons. The molecule has 0 saturated carbocycles. The van der Waals surface area contributed by atoms with Gasteiger partial charge in [0.25, 0.3) is 0 Å². The topological polar surface area (TPSA) is 57.5 Å². The summed E-state index contributed by atoms with van der Waals surface area (Å²) in [6.07, 6.45) is 1.29. The first-order valence-electron chi connectivity index (χ1n) is 11.3. The van der Waals surface area contributed by atoms with Crippen LogP contribution in [-0.4, -0.2) is 16.2 Å². The molecule has 2 atom stereocenters. The predicted molar refractivity (Wildman–Crippen MR) is 132 cm³/mol. The molecule has 0 radical (unpaired) electrons. The maximum Gasteiger partial charge on any atom is 0.339 e. The fourth-order valence-corrected chi connectivity index (χ4v) is 4.46. The van der Waals surface area contributed by atoms with Gasteiger partial charge in [-0.3, -0.25) is 0 Å². The first-order chi connectivity index (χ1) is 16.0. The molecule has 0 heterocycles. The van der Waals surface area contributed by atoms with Gasteiger partial charge in [-0.2, -0.15) is 0 Å². The molecule has 0 bridgehead atoms. The molecule has 4 aromatic rings. The van der Waals surface area contributed by atoms with Crippen molar-refractivity contribution in [1.29, 1.82) is 0 Å². The Labute approximate surface area is 195 Å². The second kappa shape index (κ2) is 10.2. The molecule has 0 aliphatic rings. The quantitative estimate of drug-likeness (QED) is 0.312. The van der Waals surface area contributed by atoms with E-state index in [0.717, 1.165) is 23.1 Å². The Balaban J connectivity index is 1.79. The number of phenols is 1. The summed E-state index contributed by atoms with van der Waals surface area (Å²) >= 11 is 0. The summed E-state index contributed by atoms with van der Waals surface area (Å²) < 4.78 is 0. The van der Waals surface area contributed by atoms with E-state index >= 15 is 0 Å². The van der Waals surface area contributed by atoms with Crippen LogP contribution >= 0.6 is 0 Å². The lowest BCUT2D eigenvalue weighted by atomic mass is 9.80. The van der Waals surface area contributed by atoms with Gasteiger partial charge in [0, 0.05) is 12.3 Å². The predicted octanol–water partition coefficient (Wildman–Crippen LogP) is 7.01. The van der Waals surface area contributed by atoms with Crippen LogP contribution in [0.4, 0.5) is 0 Å². The summed E-state index contributed by atoms with van der Waals surface area (Å²) in [5.74, 6) is -1.00. The molecule has 0 aliphatic carbocycles. The summed E-state index contributed by atoms with van der Waals surface area (Å²) in [5, 5.41) is 20.6. The van der Waals surface area contributed by atoms with Gasteiger partial charge < -0.3 is 10.2 Å². The molecule has 0 amide bonds. The number of rotatable bonds is 8. The van der Waals surface area contributed by atoms with Gasteiger partial charge >= 0.3 is 5.97 Å². The Hall–Kier alpha value is -3.85. The van der Waals surface area contributed by atoms with E-state index < -0.39 is 5.97 Å². The first kappa shape index (κ1) is 22.3. The molecule has 0 saturated heterocycles. The molecule has 33 heavy (non-hydrogen) atoms. The summed E-state index contributed by atoms with van der Waals surface area (Å²) in [6.45, 7) is 2.20. The number of aromatic carboxylic acids is 1. The number of carboxylic acid groups (broad SMARTS) is 1. The van der Waals surface area contributed by atoms with E-state index in [1.165, 1.54) is 5.56 Å². The molecule has 0 aromatic heterocycles. The highest BCUT2D eigenvalue weighted by Crippen LogP contribution is 2.38. The molecule has 0 aliphatic heterocycles. The van der Waals surface area contributed by atoms with Gasteiger partial charge in [-0.05, 0) is 46.2 Å². The number of hydrogen-bond acceptors (Lipinski definition) is 2. The van der Waals surface area contributed by atoms with Crippen molar-refractivity contribution < 1.29 is 15.0 Å². The molecule has 4 rings (SSSR count). The number of carbonyl (C=O) groups is 1. The largest absolute Gasteiger partial charge is 0.507 e. The Kier molecular flexibility index (Phi) is 6.89. The van der Waals surface area contributed by atoms with Crippen molar-refractivity contribution in [3.63, 3.8) is 0 Å². The molecule has 3 nitrogen and oxygen atoms in total. The van der Waals surface area contributed by atoms with Gasteiger partial charge in [0.1, 0.15) is 11.3 Å². The Bertz CT molecular complexity index is 1200. The normalized spacial score (nSPS) is 12.8. The summed E-state index contributed by atoms with van der Waals surface area (Å²) in [5.41, 5.74) is 4.89. The van der Waals surface area contributed by atoms with E-state index in [2.05, 4.69) is 31.2 Å². The molecular formula is C30H28O3. The molecule has 0 spiro atoms. The zero-order chi connectivity index (χ0) is 23.2. The molecule has 0 fully saturated rings. The van der Waals surface area contributed by atoms with Gasteiger partial charge in [0.2, 0.25) is 0 Å². The molecule has 3 heteroatoms. The summed E-state index contributed by atoms with van der Waals surface area (Å²) in [4.78, 5) is 12.0. The van der Waals surface area contributed by atoms with Crippen molar-refractivity contribution in [2.45, 2.75) is 31.6 Å². The maximum absolute atomic E-state index is 12.0.